The van der Waals surface area contributed by atoms with Crippen molar-refractivity contribution in [2.24, 2.45) is 0 Å². The van der Waals surface area contributed by atoms with Crippen LogP contribution in [0.1, 0.15) is 32.2 Å². The van der Waals surface area contributed by atoms with Gasteiger partial charge in [-0.3, -0.25) is 0 Å². The highest BCUT2D eigenvalue weighted by molar-refractivity contribution is 5.05. The van der Waals surface area contributed by atoms with Gasteiger partial charge in [0.2, 0.25) is 6.33 Å². The number of aromatic nitrogens is 2. The minimum Gasteiger partial charge on any atom is -0.234 e. The molecule has 0 aliphatic heterocycles. The summed E-state index contributed by atoms with van der Waals surface area (Å²) in [5, 5.41) is 0. The molecule has 0 atom stereocenters. The SMILES string of the molecule is CCc1c(C)[n+](CC)cn1CC. The first-order valence-corrected chi connectivity index (χ1v) is 4.82. The van der Waals surface area contributed by atoms with Crippen LogP contribution in [-0.2, 0) is 19.5 Å². The summed E-state index contributed by atoms with van der Waals surface area (Å²) >= 11 is 0. The van der Waals surface area contributed by atoms with Gasteiger partial charge in [-0.2, -0.15) is 0 Å². The standard InChI is InChI=1S/C10H19N2/c1-5-10-9(4)11(6-2)8-12(10)7-3/h8H,5-7H2,1-4H3/q+1. The minimum atomic E-state index is 1.08. The molecule has 0 amide bonds. The van der Waals surface area contributed by atoms with Crippen LogP contribution >= 0.6 is 0 Å². The molecule has 0 saturated carbocycles. The summed E-state index contributed by atoms with van der Waals surface area (Å²) in [5.74, 6) is 0. The Bertz CT molecular complexity index is 261. The summed E-state index contributed by atoms with van der Waals surface area (Å²) < 4.78 is 4.64. The zero-order chi connectivity index (χ0) is 9.14. The van der Waals surface area contributed by atoms with Crippen molar-refractivity contribution >= 4 is 0 Å². The smallest absolute Gasteiger partial charge is 0.234 e. The Morgan fingerprint density at radius 1 is 1.33 bits per heavy atom. The zero-order valence-corrected chi connectivity index (χ0v) is 8.59. The van der Waals surface area contributed by atoms with E-state index in [-0.39, 0.29) is 0 Å². The molecule has 0 N–H and O–H groups in total. The summed E-state index contributed by atoms with van der Waals surface area (Å²) in [6.07, 6.45) is 3.35. The average molecular weight is 167 g/mol. The lowest BCUT2D eigenvalue weighted by atomic mass is 10.3. The van der Waals surface area contributed by atoms with E-state index in [1.807, 2.05) is 0 Å². The molecule has 0 bridgehead atoms. The maximum atomic E-state index is 2.33. The van der Waals surface area contributed by atoms with E-state index >= 15 is 0 Å². The molecule has 1 rings (SSSR count). The highest BCUT2D eigenvalue weighted by atomic mass is 15.1. The molecule has 68 valence electrons. The largest absolute Gasteiger partial charge is 0.244 e. The maximum absolute atomic E-state index is 2.33. The van der Waals surface area contributed by atoms with Crippen molar-refractivity contribution < 1.29 is 4.57 Å². The van der Waals surface area contributed by atoms with Crippen LogP contribution in [0, 0.1) is 6.92 Å². The average Bonchev–Trinajstić information content (AvgIpc) is 2.41. The van der Waals surface area contributed by atoms with Gasteiger partial charge in [-0.1, -0.05) is 6.92 Å². The number of aryl methyl sites for hydroxylation is 2. The van der Waals surface area contributed by atoms with Crippen LogP contribution < -0.4 is 4.57 Å². The molecule has 12 heavy (non-hydrogen) atoms. The Kier molecular flexibility index (Phi) is 2.90. The van der Waals surface area contributed by atoms with E-state index in [1.165, 1.54) is 11.4 Å². The van der Waals surface area contributed by atoms with Crippen molar-refractivity contribution in [1.82, 2.24) is 4.57 Å². The lowest BCUT2D eigenvalue weighted by Crippen LogP contribution is -2.33. The Morgan fingerprint density at radius 3 is 2.33 bits per heavy atom. The maximum Gasteiger partial charge on any atom is 0.244 e. The lowest BCUT2D eigenvalue weighted by molar-refractivity contribution is -0.698. The molecular formula is C10H19N2+. The second-order valence-corrected chi connectivity index (χ2v) is 3.07. The van der Waals surface area contributed by atoms with E-state index in [4.69, 9.17) is 0 Å². The van der Waals surface area contributed by atoms with Crippen LogP contribution in [0.2, 0.25) is 0 Å². The van der Waals surface area contributed by atoms with Gasteiger partial charge in [0.25, 0.3) is 0 Å². The Morgan fingerprint density at radius 2 is 2.00 bits per heavy atom. The predicted molar refractivity (Wildman–Crippen MR) is 50.1 cm³/mol. The van der Waals surface area contributed by atoms with E-state index in [1.54, 1.807) is 0 Å². The first-order valence-electron chi connectivity index (χ1n) is 4.82. The van der Waals surface area contributed by atoms with Gasteiger partial charge in [0.1, 0.15) is 11.4 Å². The lowest BCUT2D eigenvalue weighted by Gasteiger charge is -1.94. The van der Waals surface area contributed by atoms with Gasteiger partial charge in [0.05, 0.1) is 13.1 Å². The van der Waals surface area contributed by atoms with Crippen molar-refractivity contribution in [3.05, 3.63) is 17.7 Å². The second kappa shape index (κ2) is 3.74. The Balaban J connectivity index is 3.13. The summed E-state index contributed by atoms with van der Waals surface area (Å²) in [4.78, 5) is 0. The molecule has 0 aromatic carbocycles. The fourth-order valence-corrected chi connectivity index (χ4v) is 1.75. The molecule has 1 aromatic heterocycles. The van der Waals surface area contributed by atoms with Gasteiger partial charge in [0.15, 0.2) is 0 Å². The quantitative estimate of drug-likeness (QED) is 0.606. The number of rotatable bonds is 3. The first-order chi connectivity index (χ1) is 5.74. The van der Waals surface area contributed by atoms with Crippen molar-refractivity contribution in [3.8, 4) is 0 Å². The molecule has 1 aromatic rings. The molecule has 0 saturated heterocycles. The van der Waals surface area contributed by atoms with E-state index < -0.39 is 0 Å². The zero-order valence-electron chi connectivity index (χ0n) is 8.59. The highest BCUT2D eigenvalue weighted by Crippen LogP contribution is 2.05. The van der Waals surface area contributed by atoms with Gasteiger partial charge >= 0.3 is 0 Å². The summed E-state index contributed by atoms with van der Waals surface area (Å²) in [7, 11) is 0. The van der Waals surface area contributed by atoms with Crippen LogP contribution in [0.25, 0.3) is 0 Å². The Hall–Kier alpha value is -0.790. The fourth-order valence-electron chi connectivity index (χ4n) is 1.75. The van der Waals surface area contributed by atoms with Crippen LogP contribution in [-0.4, -0.2) is 4.57 Å². The van der Waals surface area contributed by atoms with Gasteiger partial charge in [-0.25, -0.2) is 9.13 Å². The molecule has 0 spiro atoms. The first kappa shape index (κ1) is 9.30. The molecule has 2 heteroatoms. The molecule has 0 aliphatic carbocycles. The molecule has 0 fully saturated rings. The van der Waals surface area contributed by atoms with Crippen molar-refractivity contribution in [1.29, 1.82) is 0 Å². The predicted octanol–water partition coefficient (Wildman–Crippen LogP) is 1.69. The van der Waals surface area contributed by atoms with Gasteiger partial charge in [0, 0.05) is 13.3 Å². The fraction of sp³-hybridized carbons (Fsp3) is 0.700. The third-order valence-electron chi connectivity index (χ3n) is 2.49. The summed E-state index contributed by atoms with van der Waals surface area (Å²) in [6.45, 7) is 11.0. The number of hydrogen-bond donors (Lipinski definition) is 0. The monoisotopic (exact) mass is 167 g/mol. The van der Waals surface area contributed by atoms with E-state index in [0.29, 0.717) is 0 Å². The number of hydrogen-bond acceptors (Lipinski definition) is 0. The van der Waals surface area contributed by atoms with Crippen molar-refractivity contribution in [3.63, 3.8) is 0 Å². The van der Waals surface area contributed by atoms with Crippen molar-refractivity contribution in [2.45, 2.75) is 47.2 Å². The van der Waals surface area contributed by atoms with Crippen LogP contribution in [0.4, 0.5) is 0 Å². The molecule has 0 aliphatic rings. The molecule has 0 radical (unpaired) electrons. The summed E-state index contributed by atoms with van der Waals surface area (Å²) in [5.41, 5.74) is 2.89. The minimum absolute atomic E-state index is 1.08. The molecular weight excluding hydrogens is 148 g/mol. The molecule has 1 heterocycles. The van der Waals surface area contributed by atoms with Gasteiger partial charge in [-0.15, -0.1) is 0 Å². The topological polar surface area (TPSA) is 8.81 Å². The van der Waals surface area contributed by atoms with Crippen LogP contribution in [0.5, 0.6) is 0 Å². The van der Waals surface area contributed by atoms with E-state index in [9.17, 15) is 0 Å². The highest BCUT2D eigenvalue weighted by Gasteiger charge is 2.14. The third kappa shape index (κ3) is 1.38. The third-order valence-corrected chi connectivity index (χ3v) is 2.49. The molecule has 2 nitrogen and oxygen atoms in total. The normalized spacial score (nSPS) is 10.7. The van der Waals surface area contributed by atoms with Crippen LogP contribution in [0.15, 0.2) is 6.33 Å². The van der Waals surface area contributed by atoms with Gasteiger partial charge < -0.3 is 0 Å². The van der Waals surface area contributed by atoms with Gasteiger partial charge in [-0.05, 0) is 13.8 Å². The van der Waals surface area contributed by atoms with Crippen LogP contribution in [0.3, 0.4) is 0 Å². The Labute approximate surface area is 74.8 Å². The number of imidazole rings is 1. The molecule has 0 unspecified atom stereocenters. The van der Waals surface area contributed by atoms with E-state index in [0.717, 1.165) is 19.5 Å². The van der Waals surface area contributed by atoms with Crippen molar-refractivity contribution in [2.75, 3.05) is 0 Å². The van der Waals surface area contributed by atoms with E-state index in [2.05, 4.69) is 43.2 Å². The second-order valence-electron chi connectivity index (χ2n) is 3.07. The number of nitrogens with zero attached hydrogens (tertiary/aromatic N) is 2. The summed E-state index contributed by atoms with van der Waals surface area (Å²) in [6, 6.07) is 0.